The highest BCUT2D eigenvalue weighted by Gasteiger charge is 2.30. The Bertz CT molecular complexity index is 619. The Morgan fingerprint density at radius 1 is 1.12 bits per heavy atom. The number of hydrogen-bond acceptors (Lipinski definition) is 3. The minimum Gasteiger partial charge on any atom is -0.342 e. The summed E-state index contributed by atoms with van der Waals surface area (Å²) in [6, 6.07) is 1.48. The third-order valence-electron chi connectivity index (χ3n) is 4.15. The zero-order valence-corrected chi connectivity index (χ0v) is 15.4. The Labute approximate surface area is 146 Å². The summed E-state index contributed by atoms with van der Waals surface area (Å²) in [7, 11) is 1.65. The molecule has 142 valence electrons. The second kappa shape index (κ2) is 8.51. The monoisotopic (exact) mass is 361 g/mol. The Hall–Kier alpha value is -1.83. The number of Topliss-reactive ketones (excluding diaryl/α,β-unsaturated/α-hetero) is 1. The molecule has 0 saturated carbocycles. The van der Waals surface area contributed by atoms with Crippen LogP contribution in [0, 0.1) is 13.8 Å². The fourth-order valence-electron chi connectivity index (χ4n) is 2.80. The fourth-order valence-corrected chi connectivity index (χ4v) is 2.80. The molecule has 1 rings (SSSR count). The van der Waals surface area contributed by atoms with Crippen molar-refractivity contribution in [2.45, 2.75) is 40.4 Å². The number of nitrogens with zero attached hydrogens (tertiary/aromatic N) is 3. The molecular weight excluding hydrogens is 335 g/mol. The number of amides is 1. The van der Waals surface area contributed by atoms with Crippen molar-refractivity contribution in [3.8, 4) is 0 Å². The Balaban J connectivity index is 2.81. The zero-order valence-electron chi connectivity index (χ0n) is 15.4. The molecule has 0 bridgehead atoms. The smallest absolute Gasteiger partial charge is 0.342 e. The summed E-state index contributed by atoms with van der Waals surface area (Å²) in [5.74, 6) is -0.376. The van der Waals surface area contributed by atoms with Gasteiger partial charge in [0.1, 0.15) is 6.54 Å². The molecule has 0 aromatic carbocycles. The molecule has 0 atom stereocenters. The Kier molecular flexibility index (Phi) is 7.22. The van der Waals surface area contributed by atoms with Crippen LogP contribution in [0.2, 0.25) is 0 Å². The SMILES string of the molecule is CCN(CC)C(=O)CN(C)CC(=O)c1cc(C)n(CC(F)(F)F)c1C. The highest BCUT2D eigenvalue weighted by molar-refractivity contribution is 5.99. The van der Waals surface area contributed by atoms with Crippen molar-refractivity contribution in [1.29, 1.82) is 0 Å². The number of likely N-dealkylation sites (N-methyl/N-ethyl adjacent to an activating group) is 2. The van der Waals surface area contributed by atoms with Gasteiger partial charge in [0.05, 0.1) is 13.1 Å². The van der Waals surface area contributed by atoms with Crippen LogP contribution >= 0.6 is 0 Å². The van der Waals surface area contributed by atoms with Gasteiger partial charge in [0.15, 0.2) is 5.78 Å². The van der Waals surface area contributed by atoms with Crippen LogP contribution in [0.15, 0.2) is 6.07 Å². The van der Waals surface area contributed by atoms with Crippen molar-refractivity contribution in [3.05, 3.63) is 23.0 Å². The number of halogens is 3. The van der Waals surface area contributed by atoms with E-state index in [0.29, 0.717) is 24.5 Å². The normalized spacial score (nSPS) is 11.9. The number of aromatic nitrogens is 1. The van der Waals surface area contributed by atoms with Gasteiger partial charge >= 0.3 is 6.18 Å². The van der Waals surface area contributed by atoms with Crippen molar-refractivity contribution >= 4 is 11.7 Å². The molecule has 0 N–H and O–H groups in total. The predicted molar refractivity (Wildman–Crippen MR) is 89.7 cm³/mol. The van der Waals surface area contributed by atoms with E-state index in [0.717, 1.165) is 4.57 Å². The summed E-state index contributed by atoms with van der Waals surface area (Å²) < 4.78 is 39.0. The number of carbonyl (C=O) groups excluding carboxylic acids is 2. The quantitative estimate of drug-likeness (QED) is 0.669. The molecule has 1 heterocycles. The molecule has 0 fully saturated rings. The van der Waals surface area contributed by atoms with Crippen LogP contribution in [0.5, 0.6) is 0 Å². The molecule has 0 spiro atoms. The van der Waals surface area contributed by atoms with E-state index < -0.39 is 12.7 Å². The van der Waals surface area contributed by atoms with E-state index in [2.05, 4.69) is 0 Å². The third-order valence-corrected chi connectivity index (χ3v) is 4.15. The van der Waals surface area contributed by atoms with Crippen LogP contribution in [0.25, 0.3) is 0 Å². The third kappa shape index (κ3) is 5.88. The summed E-state index contributed by atoms with van der Waals surface area (Å²) in [5, 5.41) is 0. The summed E-state index contributed by atoms with van der Waals surface area (Å²) in [6.45, 7) is 6.94. The van der Waals surface area contributed by atoms with Gasteiger partial charge < -0.3 is 9.47 Å². The van der Waals surface area contributed by atoms with Gasteiger partial charge in [-0.05, 0) is 40.8 Å². The Morgan fingerprint density at radius 2 is 1.68 bits per heavy atom. The van der Waals surface area contributed by atoms with Gasteiger partial charge in [0.25, 0.3) is 0 Å². The van der Waals surface area contributed by atoms with Crippen LogP contribution in [-0.2, 0) is 11.3 Å². The van der Waals surface area contributed by atoms with E-state index in [4.69, 9.17) is 0 Å². The largest absolute Gasteiger partial charge is 0.406 e. The number of rotatable bonds is 8. The molecule has 1 amide bonds. The molecule has 25 heavy (non-hydrogen) atoms. The lowest BCUT2D eigenvalue weighted by Crippen LogP contribution is -2.40. The lowest BCUT2D eigenvalue weighted by Gasteiger charge is -2.22. The highest BCUT2D eigenvalue weighted by atomic mass is 19.4. The molecule has 5 nitrogen and oxygen atoms in total. The molecule has 0 saturated heterocycles. The zero-order chi connectivity index (χ0) is 19.4. The number of carbonyl (C=O) groups is 2. The predicted octanol–water partition coefficient (Wildman–Crippen LogP) is 2.65. The van der Waals surface area contributed by atoms with E-state index in [1.165, 1.54) is 13.0 Å². The molecule has 0 aliphatic carbocycles. The first-order valence-electron chi connectivity index (χ1n) is 8.23. The van der Waals surface area contributed by atoms with Crippen LogP contribution in [0.1, 0.15) is 35.6 Å². The lowest BCUT2D eigenvalue weighted by atomic mass is 10.1. The van der Waals surface area contributed by atoms with Crippen LogP contribution < -0.4 is 0 Å². The summed E-state index contributed by atoms with van der Waals surface area (Å²) in [5.41, 5.74) is 0.951. The van der Waals surface area contributed by atoms with Crippen LogP contribution in [0.4, 0.5) is 13.2 Å². The average Bonchev–Trinajstić information content (AvgIpc) is 2.75. The Morgan fingerprint density at radius 3 is 2.16 bits per heavy atom. The topological polar surface area (TPSA) is 45.6 Å². The number of alkyl halides is 3. The molecule has 8 heteroatoms. The van der Waals surface area contributed by atoms with E-state index >= 15 is 0 Å². The number of hydrogen-bond donors (Lipinski definition) is 0. The van der Waals surface area contributed by atoms with Crippen molar-refractivity contribution in [1.82, 2.24) is 14.4 Å². The molecule has 0 aliphatic rings. The molecule has 1 aromatic heterocycles. The van der Waals surface area contributed by atoms with Crippen LogP contribution in [-0.4, -0.2) is 65.5 Å². The highest BCUT2D eigenvalue weighted by Crippen LogP contribution is 2.23. The maximum atomic E-state index is 12.7. The fraction of sp³-hybridized carbons (Fsp3) is 0.647. The van der Waals surface area contributed by atoms with Gasteiger partial charge in [0.2, 0.25) is 5.91 Å². The van der Waals surface area contributed by atoms with Gasteiger partial charge in [-0.15, -0.1) is 0 Å². The summed E-state index contributed by atoms with van der Waals surface area (Å²) >= 11 is 0. The van der Waals surface area contributed by atoms with E-state index in [9.17, 15) is 22.8 Å². The van der Waals surface area contributed by atoms with E-state index in [-0.39, 0.29) is 30.3 Å². The second-order valence-corrected chi connectivity index (χ2v) is 6.15. The van der Waals surface area contributed by atoms with Gasteiger partial charge in [-0.25, -0.2) is 0 Å². The molecule has 1 aromatic rings. The first kappa shape index (κ1) is 21.2. The van der Waals surface area contributed by atoms with Gasteiger partial charge in [0, 0.05) is 30.0 Å². The number of aryl methyl sites for hydroxylation is 1. The van der Waals surface area contributed by atoms with Crippen molar-refractivity contribution in [3.63, 3.8) is 0 Å². The van der Waals surface area contributed by atoms with Crippen molar-refractivity contribution < 1.29 is 22.8 Å². The minimum absolute atomic E-state index is 0.0245. The standard InChI is InChI=1S/C17H26F3N3O2/c1-6-22(7-2)16(25)10-21(5)9-15(24)14-8-12(3)23(13(14)4)11-17(18,19)20/h8H,6-7,9-11H2,1-5H3. The first-order chi connectivity index (χ1) is 11.5. The van der Waals surface area contributed by atoms with Gasteiger partial charge in [-0.3, -0.25) is 14.5 Å². The van der Waals surface area contributed by atoms with Gasteiger partial charge in [-0.1, -0.05) is 0 Å². The van der Waals surface area contributed by atoms with Crippen molar-refractivity contribution in [2.75, 3.05) is 33.2 Å². The molecule has 0 radical (unpaired) electrons. The molecule has 0 aliphatic heterocycles. The second-order valence-electron chi connectivity index (χ2n) is 6.15. The van der Waals surface area contributed by atoms with Gasteiger partial charge in [-0.2, -0.15) is 13.2 Å². The number of ketones is 1. The van der Waals surface area contributed by atoms with Crippen molar-refractivity contribution in [2.24, 2.45) is 0 Å². The molecule has 0 unspecified atom stereocenters. The van der Waals surface area contributed by atoms with Crippen LogP contribution in [0.3, 0.4) is 0 Å². The van der Waals surface area contributed by atoms with E-state index in [1.807, 2.05) is 13.8 Å². The lowest BCUT2D eigenvalue weighted by molar-refractivity contribution is -0.141. The first-order valence-corrected chi connectivity index (χ1v) is 8.23. The molecular formula is C17H26F3N3O2. The maximum Gasteiger partial charge on any atom is 0.406 e. The average molecular weight is 361 g/mol. The van der Waals surface area contributed by atoms with E-state index in [1.54, 1.807) is 23.8 Å². The maximum absolute atomic E-state index is 12.7. The summed E-state index contributed by atoms with van der Waals surface area (Å²) in [4.78, 5) is 27.7. The minimum atomic E-state index is -4.35. The summed E-state index contributed by atoms with van der Waals surface area (Å²) in [6.07, 6.45) is -4.35.